The number of piperazine rings is 1. The first-order valence-corrected chi connectivity index (χ1v) is 10.6. The number of nitrogens with one attached hydrogen (secondary N) is 1. The second-order valence-corrected chi connectivity index (χ2v) is 9.08. The molecule has 0 saturated carbocycles. The van der Waals surface area contributed by atoms with Gasteiger partial charge in [0.1, 0.15) is 0 Å². The standard InChI is InChI=1S/C20H23N3O3S/c1-14-5-3-4-6-19(14)22-9-11-23(12-10-22)27(25,26)16-7-8-18-17(13-16)15(2)20(24)21-18/h3-8,13,15H,9-12H2,1-2H3,(H,21,24)/t15-/m1/s1. The molecular formula is C20H23N3O3S. The monoisotopic (exact) mass is 385 g/mol. The van der Waals surface area contributed by atoms with Gasteiger partial charge >= 0.3 is 0 Å². The van der Waals surface area contributed by atoms with E-state index in [1.807, 2.05) is 12.1 Å². The maximum Gasteiger partial charge on any atom is 0.243 e. The molecule has 2 aromatic carbocycles. The lowest BCUT2D eigenvalue weighted by molar-refractivity contribution is -0.116. The van der Waals surface area contributed by atoms with Gasteiger partial charge in [0.25, 0.3) is 0 Å². The number of anilines is 2. The van der Waals surface area contributed by atoms with Crippen LogP contribution in [0.5, 0.6) is 0 Å². The van der Waals surface area contributed by atoms with Crippen molar-refractivity contribution in [2.45, 2.75) is 24.7 Å². The highest BCUT2D eigenvalue weighted by molar-refractivity contribution is 7.89. The zero-order valence-electron chi connectivity index (χ0n) is 15.5. The average molecular weight is 385 g/mol. The van der Waals surface area contributed by atoms with Crippen LogP contribution < -0.4 is 10.2 Å². The van der Waals surface area contributed by atoms with Crippen LogP contribution in [0.3, 0.4) is 0 Å². The predicted molar refractivity (Wildman–Crippen MR) is 106 cm³/mol. The number of benzene rings is 2. The molecule has 7 heteroatoms. The van der Waals surface area contributed by atoms with E-state index in [1.54, 1.807) is 29.4 Å². The molecule has 0 bridgehead atoms. The van der Waals surface area contributed by atoms with Crippen molar-refractivity contribution in [1.29, 1.82) is 0 Å². The summed E-state index contributed by atoms with van der Waals surface area (Å²) in [6.07, 6.45) is 0. The molecule has 0 aromatic heterocycles. The third kappa shape index (κ3) is 3.11. The van der Waals surface area contributed by atoms with Crippen LogP contribution in [0.25, 0.3) is 0 Å². The van der Waals surface area contributed by atoms with Crippen molar-refractivity contribution in [2.24, 2.45) is 0 Å². The largest absolute Gasteiger partial charge is 0.369 e. The summed E-state index contributed by atoms with van der Waals surface area (Å²) in [5.41, 5.74) is 3.81. The summed E-state index contributed by atoms with van der Waals surface area (Å²) in [4.78, 5) is 14.3. The third-order valence-corrected chi connectivity index (χ3v) is 7.37. The fourth-order valence-corrected chi connectivity index (χ4v) is 5.25. The first-order valence-electron chi connectivity index (χ1n) is 9.13. The summed E-state index contributed by atoms with van der Waals surface area (Å²) >= 11 is 0. The van der Waals surface area contributed by atoms with Crippen molar-refractivity contribution < 1.29 is 13.2 Å². The fraction of sp³-hybridized carbons (Fsp3) is 0.350. The van der Waals surface area contributed by atoms with E-state index in [-0.39, 0.29) is 16.7 Å². The maximum absolute atomic E-state index is 13.1. The number of para-hydroxylation sites is 1. The first kappa shape index (κ1) is 18.0. The topological polar surface area (TPSA) is 69.7 Å². The molecule has 0 spiro atoms. The van der Waals surface area contributed by atoms with E-state index in [0.29, 0.717) is 31.9 Å². The molecule has 0 radical (unpaired) electrons. The van der Waals surface area contributed by atoms with Crippen LogP contribution >= 0.6 is 0 Å². The highest BCUT2D eigenvalue weighted by Crippen LogP contribution is 2.34. The molecule has 2 aromatic rings. The summed E-state index contributed by atoms with van der Waals surface area (Å²) in [5.74, 6) is -0.417. The van der Waals surface area contributed by atoms with Crippen molar-refractivity contribution in [3.63, 3.8) is 0 Å². The quantitative estimate of drug-likeness (QED) is 0.882. The molecule has 1 saturated heterocycles. The van der Waals surface area contributed by atoms with Gasteiger partial charge in [0, 0.05) is 37.6 Å². The van der Waals surface area contributed by atoms with Crippen LogP contribution in [0.4, 0.5) is 11.4 Å². The summed E-state index contributed by atoms with van der Waals surface area (Å²) in [5, 5.41) is 2.78. The molecule has 1 fully saturated rings. The Hall–Kier alpha value is -2.38. The van der Waals surface area contributed by atoms with Gasteiger partial charge in [-0.3, -0.25) is 4.79 Å². The van der Waals surface area contributed by atoms with Gasteiger partial charge in [-0.15, -0.1) is 0 Å². The highest BCUT2D eigenvalue weighted by Gasteiger charge is 2.32. The summed E-state index contributed by atoms with van der Waals surface area (Å²) in [6.45, 7) is 6.07. The van der Waals surface area contributed by atoms with E-state index in [1.165, 1.54) is 5.56 Å². The van der Waals surface area contributed by atoms with Gasteiger partial charge in [-0.05, 0) is 49.2 Å². The number of nitrogens with zero attached hydrogens (tertiary/aromatic N) is 2. The van der Waals surface area contributed by atoms with Gasteiger partial charge < -0.3 is 10.2 Å². The molecule has 27 heavy (non-hydrogen) atoms. The van der Waals surface area contributed by atoms with E-state index in [0.717, 1.165) is 11.3 Å². The molecular weight excluding hydrogens is 362 g/mol. The Morgan fingerprint density at radius 2 is 1.74 bits per heavy atom. The van der Waals surface area contributed by atoms with E-state index in [9.17, 15) is 13.2 Å². The van der Waals surface area contributed by atoms with E-state index < -0.39 is 10.0 Å². The van der Waals surface area contributed by atoms with Gasteiger partial charge in [-0.1, -0.05) is 18.2 Å². The number of amides is 1. The molecule has 6 nitrogen and oxygen atoms in total. The minimum absolute atomic E-state index is 0.0913. The molecule has 2 aliphatic rings. The summed E-state index contributed by atoms with van der Waals surface area (Å²) in [7, 11) is -3.57. The molecule has 142 valence electrons. The lowest BCUT2D eigenvalue weighted by Gasteiger charge is -2.36. The van der Waals surface area contributed by atoms with Crippen molar-refractivity contribution in [1.82, 2.24) is 4.31 Å². The summed E-state index contributed by atoms with van der Waals surface area (Å²) in [6, 6.07) is 13.1. The van der Waals surface area contributed by atoms with Gasteiger partial charge in [0.05, 0.1) is 10.8 Å². The number of aryl methyl sites for hydroxylation is 1. The molecule has 1 atom stereocenters. The Morgan fingerprint density at radius 3 is 2.44 bits per heavy atom. The molecule has 0 unspecified atom stereocenters. The lowest BCUT2D eigenvalue weighted by Crippen LogP contribution is -2.48. The molecule has 2 heterocycles. The second kappa shape index (κ2) is 6.65. The zero-order valence-corrected chi connectivity index (χ0v) is 16.3. The maximum atomic E-state index is 13.1. The molecule has 2 aliphatic heterocycles. The number of hydrogen-bond acceptors (Lipinski definition) is 4. The normalized spacial score (nSPS) is 20.4. The Balaban J connectivity index is 1.53. The Labute approximate surface area is 159 Å². The van der Waals surface area contributed by atoms with Crippen LogP contribution in [0.15, 0.2) is 47.4 Å². The number of hydrogen-bond donors (Lipinski definition) is 1. The average Bonchev–Trinajstić information content (AvgIpc) is 2.96. The SMILES string of the molecule is Cc1ccccc1N1CCN(S(=O)(=O)c2ccc3c(c2)[C@@H](C)C(=O)N3)CC1. The number of rotatable bonds is 3. The van der Waals surface area contributed by atoms with Gasteiger partial charge in [-0.2, -0.15) is 4.31 Å². The smallest absolute Gasteiger partial charge is 0.243 e. The van der Waals surface area contributed by atoms with Crippen LogP contribution in [0.1, 0.15) is 24.0 Å². The van der Waals surface area contributed by atoms with Crippen LogP contribution in [0.2, 0.25) is 0 Å². The lowest BCUT2D eigenvalue weighted by atomic mass is 10.0. The van der Waals surface area contributed by atoms with Crippen molar-refractivity contribution in [3.8, 4) is 0 Å². The zero-order chi connectivity index (χ0) is 19.2. The van der Waals surface area contributed by atoms with E-state index >= 15 is 0 Å². The van der Waals surface area contributed by atoms with E-state index in [2.05, 4.69) is 29.3 Å². The summed E-state index contributed by atoms with van der Waals surface area (Å²) < 4.78 is 27.7. The van der Waals surface area contributed by atoms with Crippen molar-refractivity contribution in [2.75, 3.05) is 36.4 Å². The van der Waals surface area contributed by atoms with Gasteiger partial charge in [-0.25, -0.2) is 8.42 Å². The second-order valence-electron chi connectivity index (χ2n) is 7.14. The Bertz CT molecular complexity index is 995. The van der Waals surface area contributed by atoms with Crippen LogP contribution in [0, 0.1) is 6.92 Å². The minimum Gasteiger partial charge on any atom is -0.369 e. The van der Waals surface area contributed by atoms with Gasteiger partial charge in [0.2, 0.25) is 15.9 Å². The van der Waals surface area contributed by atoms with Crippen LogP contribution in [-0.4, -0.2) is 44.8 Å². The molecule has 1 amide bonds. The number of carbonyl (C=O) groups excluding carboxylic acids is 1. The molecule has 4 rings (SSSR count). The number of fused-ring (bicyclic) bond motifs is 1. The first-order chi connectivity index (χ1) is 12.9. The fourth-order valence-electron chi connectivity index (χ4n) is 3.79. The van der Waals surface area contributed by atoms with Crippen molar-refractivity contribution >= 4 is 27.3 Å². The Morgan fingerprint density at radius 1 is 1.04 bits per heavy atom. The van der Waals surface area contributed by atoms with Crippen molar-refractivity contribution in [3.05, 3.63) is 53.6 Å². The van der Waals surface area contributed by atoms with Gasteiger partial charge in [0.15, 0.2) is 0 Å². The third-order valence-electron chi connectivity index (χ3n) is 5.47. The number of sulfonamides is 1. The molecule has 0 aliphatic carbocycles. The highest BCUT2D eigenvalue weighted by atomic mass is 32.2. The van der Waals surface area contributed by atoms with E-state index in [4.69, 9.17) is 0 Å². The van der Waals surface area contributed by atoms with Crippen LogP contribution in [-0.2, 0) is 14.8 Å². The Kier molecular flexibility index (Phi) is 4.44. The predicted octanol–water partition coefficient (Wildman–Crippen LogP) is 2.56. The molecule has 1 N–H and O–H groups in total. The minimum atomic E-state index is -3.57. The number of carbonyl (C=O) groups is 1.